The van der Waals surface area contributed by atoms with Crippen molar-refractivity contribution in [3.05, 3.63) is 42.1 Å². The number of hydrogen-bond acceptors (Lipinski definition) is 8. The lowest BCUT2D eigenvalue weighted by Gasteiger charge is -2.41. The average molecular weight is 737 g/mol. The summed E-state index contributed by atoms with van der Waals surface area (Å²) in [7, 11) is 5.14. The Bertz CT molecular complexity index is 1490. The van der Waals surface area contributed by atoms with E-state index in [0.29, 0.717) is 19.4 Å². The van der Waals surface area contributed by atoms with Crippen LogP contribution in [0.15, 0.2) is 36.5 Å². The Morgan fingerprint density at radius 2 is 1.72 bits per heavy atom. The van der Waals surface area contributed by atoms with Gasteiger partial charge < -0.3 is 25.0 Å². The lowest BCUT2D eigenvalue weighted by Crippen LogP contribution is -2.54. The number of hydrogen-bond donors (Lipinski definition) is 2. The molecule has 0 aliphatic carbocycles. The third kappa shape index (κ3) is 11.2. The second kappa shape index (κ2) is 21.0. The first kappa shape index (κ1) is 44.2. The van der Waals surface area contributed by atoms with Crippen LogP contribution >= 0.6 is 0 Å². The van der Waals surface area contributed by atoms with E-state index in [-0.39, 0.29) is 78.6 Å². The zero-order valence-corrected chi connectivity index (χ0v) is 34.1. The maximum Gasteiger partial charge on any atom is 0.226 e. The number of likely N-dealkylation sites (N-methyl/N-ethyl adjacent to an activating group) is 2. The number of nitrogens with one attached hydrogen (secondary N) is 1. The molecule has 3 rings (SSSR count). The van der Waals surface area contributed by atoms with Crippen molar-refractivity contribution >= 4 is 34.3 Å². The van der Waals surface area contributed by atoms with Crippen molar-refractivity contribution in [2.75, 3.05) is 34.4 Å². The first-order valence-corrected chi connectivity index (χ1v) is 20.0. The Morgan fingerprint density at radius 1 is 1.02 bits per heavy atom. The number of amides is 2. The lowest BCUT2D eigenvalue weighted by molar-refractivity contribution is -0.148. The van der Waals surface area contributed by atoms with Crippen LogP contribution < -0.4 is 5.32 Å². The van der Waals surface area contributed by atoms with Crippen molar-refractivity contribution in [3.63, 3.8) is 0 Å². The monoisotopic (exact) mass is 737 g/mol. The van der Waals surface area contributed by atoms with E-state index >= 15 is 0 Å². The summed E-state index contributed by atoms with van der Waals surface area (Å²) in [6.07, 6.45) is 5.58. The molecule has 2 amide bonds. The number of aromatic nitrogens is 1. The van der Waals surface area contributed by atoms with Crippen molar-refractivity contribution in [2.45, 2.75) is 124 Å². The maximum absolute atomic E-state index is 14.2. The minimum atomic E-state index is -0.576. The van der Waals surface area contributed by atoms with Crippen molar-refractivity contribution in [1.29, 1.82) is 0 Å². The second-order valence-electron chi connectivity index (χ2n) is 16.1. The largest absolute Gasteiger partial charge is 0.396 e. The van der Waals surface area contributed by atoms with E-state index in [4.69, 9.17) is 4.74 Å². The summed E-state index contributed by atoms with van der Waals surface area (Å²) in [5.74, 6) is -1.30. The van der Waals surface area contributed by atoms with Crippen molar-refractivity contribution in [2.24, 2.45) is 35.5 Å². The average Bonchev–Trinajstić information content (AvgIpc) is 3.63. The molecule has 1 fully saturated rings. The van der Waals surface area contributed by atoms with Gasteiger partial charge in [-0.15, -0.1) is 0 Å². The Kier molecular flexibility index (Phi) is 17.5. The van der Waals surface area contributed by atoms with Gasteiger partial charge >= 0.3 is 0 Å². The van der Waals surface area contributed by atoms with E-state index in [2.05, 4.69) is 30.2 Å². The molecule has 10 heteroatoms. The summed E-state index contributed by atoms with van der Waals surface area (Å²) in [6.45, 7) is 14.3. The van der Waals surface area contributed by atoms with Gasteiger partial charge in [-0.05, 0) is 68.2 Å². The number of rotatable bonds is 22. The fourth-order valence-corrected chi connectivity index (χ4v) is 8.55. The van der Waals surface area contributed by atoms with Crippen LogP contribution in [0.3, 0.4) is 0 Å². The van der Waals surface area contributed by atoms with Crippen LogP contribution in [-0.2, 0) is 30.3 Å². The zero-order chi connectivity index (χ0) is 39.4. The number of aliphatic hydroxyl groups excluding tert-OH is 1. The smallest absolute Gasteiger partial charge is 0.226 e. The predicted octanol–water partition coefficient (Wildman–Crippen LogP) is 6.12. The molecule has 1 saturated heterocycles. The van der Waals surface area contributed by atoms with Crippen molar-refractivity contribution in [1.82, 2.24) is 20.1 Å². The third-order valence-electron chi connectivity index (χ3n) is 12.0. The summed E-state index contributed by atoms with van der Waals surface area (Å²) >= 11 is 0. The van der Waals surface area contributed by atoms with Crippen LogP contribution in [0.5, 0.6) is 0 Å². The van der Waals surface area contributed by atoms with Crippen LogP contribution in [0, 0.1) is 35.5 Å². The van der Waals surface area contributed by atoms with E-state index in [0.717, 1.165) is 36.6 Å². The second-order valence-corrected chi connectivity index (χ2v) is 16.1. The number of likely N-dealkylation sites (tertiary alicyclic amines) is 1. The van der Waals surface area contributed by atoms with Gasteiger partial charge in [0, 0.05) is 75.5 Å². The predicted molar refractivity (Wildman–Crippen MR) is 211 cm³/mol. The highest BCUT2D eigenvalue weighted by molar-refractivity contribution is 5.90. The standard InChI is InChI=1S/C43H68N4O6/c1-11-29(6)42(46(9)43(52)33(27(2)3)24-38(50)41(44-8)28(4)5)39(53-10)25-40(51)47-23-15-19-36(47)34(26-48)30(7)37(49)20-14-16-31-21-22-45-35-18-13-12-17-32(31)35/h12-13,17-18,21-22,27-30,33-34,36,39,41-42,44,48H,11,14-16,19-20,23-26H2,1-10H3/t29-,30+,33-,34+,36-,39+,41-,42?/m0/s1. The molecule has 10 nitrogen and oxygen atoms in total. The molecule has 0 saturated carbocycles. The molecule has 2 heterocycles. The Morgan fingerprint density at radius 3 is 2.32 bits per heavy atom. The number of carbonyl (C=O) groups excluding carboxylic acids is 4. The van der Waals surface area contributed by atoms with Crippen LogP contribution in [0.1, 0.15) is 99.0 Å². The molecule has 8 atom stereocenters. The molecule has 1 aliphatic rings. The molecular weight excluding hydrogens is 668 g/mol. The number of pyridine rings is 1. The molecule has 0 spiro atoms. The number of aryl methyl sites for hydroxylation is 1. The van der Waals surface area contributed by atoms with Crippen LogP contribution in [0.25, 0.3) is 10.9 Å². The number of para-hydroxylation sites is 1. The summed E-state index contributed by atoms with van der Waals surface area (Å²) in [6, 6.07) is 9.05. The molecule has 1 aliphatic heterocycles. The number of carbonyl (C=O) groups is 4. The fourth-order valence-electron chi connectivity index (χ4n) is 8.55. The van der Waals surface area contributed by atoms with Gasteiger partial charge in [-0.1, -0.05) is 73.1 Å². The van der Waals surface area contributed by atoms with Crippen LogP contribution in [0.4, 0.5) is 0 Å². The molecular formula is C43H68N4O6. The minimum absolute atomic E-state index is 0.0216. The van der Waals surface area contributed by atoms with E-state index in [9.17, 15) is 24.3 Å². The van der Waals surface area contributed by atoms with Gasteiger partial charge in [0.05, 0.1) is 30.1 Å². The topological polar surface area (TPSA) is 129 Å². The number of aliphatic hydroxyl groups is 1. The number of fused-ring (bicyclic) bond motifs is 1. The highest BCUT2D eigenvalue weighted by Crippen LogP contribution is 2.33. The summed E-state index contributed by atoms with van der Waals surface area (Å²) < 4.78 is 6.03. The SMILES string of the molecule is CC[C@H](C)C([C@@H](CC(=O)N1CCC[C@H]1[C@H](CO)[C@@H](C)C(=O)CCCc1ccnc2ccccc12)OC)N(C)C(=O)[C@@H](CC(=O)[C@@H](NC)C(C)C)C(C)C. The number of ketones is 2. The van der Waals surface area contributed by atoms with Crippen molar-refractivity contribution in [3.8, 4) is 0 Å². The Labute approximate surface area is 318 Å². The molecule has 2 N–H and O–H groups in total. The number of benzene rings is 1. The first-order chi connectivity index (χ1) is 25.2. The Balaban J connectivity index is 1.72. The molecule has 0 radical (unpaired) electrons. The van der Waals surface area contributed by atoms with Crippen LogP contribution in [0.2, 0.25) is 0 Å². The van der Waals surface area contributed by atoms with Gasteiger partial charge in [-0.25, -0.2) is 0 Å². The summed E-state index contributed by atoms with van der Waals surface area (Å²) in [4.78, 5) is 63.2. The summed E-state index contributed by atoms with van der Waals surface area (Å²) in [5.41, 5.74) is 2.11. The molecule has 1 unspecified atom stereocenters. The minimum Gasteiger partial charge on any atom is -0.396 e. The summed E-state index contributed by atoms with van der Waals surface area (Å²) in [5, 5.41) is 14.8. The van der Waals surface area contributed by atoms with E-state index in [1.807, 2.05) is 70.0 Å². The first-order valence-electron chi connectivity index (χ1n) is 20.0. The molecule has 2 aromatic rings. The fraction of sp³-hybridized carbons (Fsp3) is 0.698. The van der Waals surface area contributed by atoms with Crippen LogP contribution in [-0.4, -0.2) is 102 Å². The number of methoxy groups -OCH3 is 1. The van der Waals surface area contributed by atoms with Gasteiger partial charge in [-0.2, -0.15) is 0 Å². The lowest BCUT2D eigenvalue weighted by atomic mass is 9.82. The maximum atomic E-state index is 14.2. The Hall–Kier alpha value is -3.21. The van der Waals surface area contributed by atoms with E-state index in [1.54, 1.807) is 26.1 Å². The highest BCUT2D eigenvalue weighted by Gasteiger charge is 2.42. The van der Waals surface area contributed by atoms with Gasteiger partial charge in [-0.3, -0.25) is 24.2 Å². The molecule has 1 aromatic heterocycles. The molecule has 1 aromatic carbocycles. The van der Waals surface area contributed by atoms with Gasteiger partial charge in [0.1, 0.15) is 5.78 Å². The molecule has 53 heavy (non-hydrogen) atoms. The van der Waals surface area contributed by atoms with Gasteiger partial charge in [0.2, 0.25) is 11.8 Å². The number of ether oxygens (including phenoxy) is 1. The van der Waals surface area contributed by atoms with E-state index in [1.165, 1.54) is 5.56 Å². The zero-order valence-electron chi connectivity index (χ0n) is 34.1. The highest BCUT2D eigenvalue weighted by atomic mass is 16.5. The van der Waals surface area contributed by atoms with Crippen molar-refractivity contribution < 1.29 is 29.0 Å². The normalized spacial score (nSPS) is 18.8. The van der Waals surface area contributed by atoms with Gasteiger partial charge in [0.25, 0.3) is 0 Å². The van der Waals surface area contributed by atoms with Gasteiger partial charge in [0.15, 0.2) is 5.78 Å². The molecule has 296 valence electrons. The quantitative estimate of drug-likeness (QED) is 0.148. The molecule has 0 bridgehead atoms. The number of Topliss-reactive ketones (excluding diaryl/α,β-unsaturated/α-hetero) is 2. The van der Waals surface area contributed by atoms with E-state index < -0.39 is 24.0 Å². The third-order valence-corrected chi connectivity index (χ3v) is 12.0. The number of nitrogens with zero attached hydrogens (tertiary/aromatic N) is 3.